The molecule has 0 N–H and O–H groups in total. The van der Waals surface area contributed by atoms with Crippen LogP contribution in [0.1, 0.15) is 40.3 Å². The fourth-order valence-corrected chi connectivity index (χ4v) is 4.29. The third kappa shape index (κ3) is 3.23. The van der Waals surface area contributed by atoms with Gasteiger partial charge in [-0.05, 0) is 60.6 Å². The highest BCUT2D eigenvalue weighted by atomic mass is 16.7. The Morgan fingerprint density at radius 1 is 1.28 bits per heavy atom. The number of aromatic nitrogens is 4. The number of likely N-dealkylation sites (N-methyl/N-ethyl adjacent to an activating group) is 1. The van der Waals surface area contributed by atoms with Crippen molar-refractivity contribution < 1.29 is 23.7 Å². The van der Waals surface area contributed by atoms with Crippen molar-refractivity contribution in [2.75, 3.05) is 34.1 Å². The lowest BCUT2D eigenvalue weighted by atomic mass is 9.90. The molecule has 1 atom stereocenters. The number of tetrazole rings is 1. The molecule has 0 spiro atoms. The smallest absolute Gasteiger partial charge is 0.338 e. The fourth-order valence-electron chi connectivity index (χ4n) is 4.29. The van der Waals surface area contributed by atoms with E-state index in [-0.39, 0.29) is 12.8 Å². The summed E-state index contributed by atoms with van der Waals surface area (Å²) < 4.78 is 23.9. The topological polar surface area (TPSA) is 101 Å². The number of fused-ring (bicyclic) bond motifs is 2. The number of methoxy groups -OCH3 is 1. The number of esters is 1. The summed E-state index contributed by atoms with van der Waals surface area (Å²) in [6.45, 7) is 3.04. The van der Waals surface area contributed by atoms with Crippen LogP contribution in [0.3, 0.4) is 0 Å². The zero-order valence-corrected chi connectivity index (χ0v) is 18.1. The van der Waals surface area contributed by atoms with Crippen molar-refractivity contribution in [1.29, 1.82) is 0 Å². The summed E-state index contributed by atoms with van der Waals surface area (Å²) in [7, 11) is 3.64. The summed E-state index contributed by atoms with van der Waals surface area (Å²) in [6, 6.07) is 8.78. The first kappa shape index (κ1) is 20.3. The predicted molar refractivity (Wildman–Crippen MR) is 112 cm³/mol. The summed E-state index contributed by atoms with van der Waals surface area (Å²) in [5, 5.41) is 12.5. The van der Waals surface area contributed by atoms with Gasteiger partial charge in [0, 0.05) is 12.1 Å². The molecule has 0 fully saturated rings. The predicted octanol–water partition coefficient (Wildman–Crippen LogP) is 2.15. The molecule has 32 heavy (non-hydrogen) atoms. The Bertz CT molecular complexity index is 1180. The van der Waals surface area contributed by atoms with E-state index in [0.29, 0.717) is 40.9 Å². The van der Waals surface area contributed by atoms with Gasteiger partial charge in [0.1, 0.15) is 6.04 Å². The summed E-state index contributed by atoms with van der Waals surface area (Å²) >= 11 is 0. The van der Waals surface area contributed by atoms with Crippen molar-refractivity contribution in [3.8, 4) is 22.9 Å². The van der Waals surface area contributed by atoms with Crippen LogP contribution in [0.5, 0.6) is 17.2 Å². The molecular formula is C22H23N5O5. The average molecular weight is 437 g/mol. The van der Waals surface area contributed by atoms with Gasteiger partial charge < -0.3 is 18.9 Å². The first-order valence-electron chi connectivity index (χ1n) is 10.4. The molecule has 0 radical (unpaired) electrons. The summed E-state index contributed by atoms with van der Waals surface area (Å²) in [5.74, 6) is 2.12. The fraction of sp³-hybridized carbons (Fsp3) is 0.364. The Labute approximate surface area is 184 Å². The maximum atomic E-state index is 12.2. The third-order valence-electron chi connectivity index (χ3n) is 5.74. The zero-order valence-electron chi connectivity index (χ0n) is 18.1. The van der Waals surface area contributed by atoms with Gasteiger partial charge in [0.15, 0.2) is 17.3 Å². The van der Waals surface area contributed by atoms with Crippen molar-refractivity contribution >= 4 is 5.97 Å². The van der Waals surface area contributed by atoms with Gasteiger partial charge in [0.2, 0.25) is 12.5 Å². The van der Waals surface area contributed by atoms with Gasteiger partial charge in [0.25, 0.3) is 0 Å². The molecule has 166 valence electrons. The molecule has 0 bridgehead atoms. The lowest BCUT2D eigenvalue weighted by Gasteiger charge is -2.34. The van der Waals surface area contributed by atoms with E-state index in [0.717, 1.165) is 24.1 Å². The number of carbonyl (C=O) groups is 1. The van der Waals surface area contributed by atoms with Crippen LogP contribution in [-0.4, -0.2) is 65.2 Å². The number of hydrogen-bond acceptors (Lipinski definition) is 9. The van der Waals surface area contributed by atoms with Crippen LogP contribution in [0, 0.1) is 0 Å². The number of hydrogen-bond donors (Lipinski definition) is 0. The Kier molecular flexibility index (Phi) is 5.14. The van der Waals surface area contributed by atoms with Crippen LogP contribution in [-0.2, 0) is 11.2 Å². The number of rotatable bonds is 5. The van der Waals surface area contributed by atoms with Crippen LogP contribution in [0.2, 0.25) is 0 Å². The Hall–Kier alpha value is -3.66. The molecule has 5 rings (SSSR count). The van der Waals surface area contributed by atoms with Crippen molar-refractivity contribution in [2.45, 2.75) is 19.4 Å². The molecule has 1 aromatic heterocycles. The normalized spacial score (nSPS) is 17.2. The number of nitrogens with zero attached hydrogens (tertiary/aromatic N) is 5. The van der Waals surface area contributed by atoms with Crippen LogP contribution in [0.15, 0.2) is 30.3 Å². The van der Waals surface area contributed by atoms with Gasteiger partial charge in [-0.1, -0.05) is 6.07 Å². The summed E-state index contributed by atoms with van der Waals surface area (Å²) in [4.78, 5) is 14.4. The standard InChI is InChI=1S/C22H23N5O5/c1-4-30-22(28)14-6-5-7-15(10-14)27-21(23-24-25-27)18-17-13(8-9-26(18)2)11-16-19(20(17)29-3)32-12-31-16/h5-7,10-11,18H,4,8-9,12H2,1-3H3/t18-/m1/s1. The molecule has 0 saturated heterocycles. The molecule has 2 aliphatic heterocycles. The monoisotopic (exact) mass is 437 g/mol. The van der Waals surface area contributed by atoms with E-state index in [9.17, 15) is 4.79 Å². The van der Waals surface area contributed by atoms with Crippen molar-refractivity contribution in [2.24, 2.45) is 0 Å². The molecule has 0 amide bonds. The molecule has 10 heteroatoms. The highest BCUT2D eigenvalue weighted by molar-refractivity contribution is 5.90. The minimum Gasteiger partial charge on any atom is -0.492 e. The van der Waals surface area contributed by atoms with Crippen LogP contribution in [0.4, 0.5) is 0 Å². The maximum Gasteiger partial charge on any atom is 0.338 e. The second-order valence-electron chi connectivity index (χ2n) is 7.57. The van der Waals surface area contributed by atoms with Gasteiger partial charge in [-0.2, -0.15) is 4.68 Å². The molecule has 2 aliphatic rings. The van der Waals surface area contributed by atoms with Crippen molar-refractivity contribution in [3.05, 3.63) is 52.8 Å². The van der Waals surface area contributed by atoms with E-state index >= 15 is 0 Å². The quantitative estimate of drug-likeness (QED) is 0.556. The van der Waals surface area contributed by atoms with Gasteiger partial charge in [0.05, 0.1) is 25.0 Å². The number of benzene rings is 2. The van der Waals surface area contributed by atoms with E-state index < -0.39 is 5.97 Å². The van der Waals surface area contributed by atoms with Crippen LogP contribution >= 0.6 is 0 Å². The van der Waals surface area contributed by atoms with Gasteiger partial charge in [-0.3, -0.25) is 4.90 Å². The van der Waals surface area contributed by atoms with E-state index in [1.54, 1.807) is 36.9 Å². The molecule has 10 nitrogen and oxygen atoms in total. The molecule has 2 aromatic carbocycles. The molecule has 0 unspecified atom stereocenters. The summed E-state index contributed by atoms with van der Waals surface area (Å²) in [6.07, 6.45) is 0.829. The van der Waals surface area contributed by atoms with Gasteiger partial charge in [-0.15, -0.1) is 5.10 Å². The molecular weight excluding hydrogens is 414 g/mol. The zero-order chi connectivity index (χ0) is 22.2. The van der Waals surface area contributed by atoms with E-state index in [1.165, 1.54) is 0 Å². The lowest BCUT2D eigenvalue weighted by molar-refractivity contribution is 0.0526. The van der Waals surface area contributed by atoms with Crippen LogP contribution < -0.4 is 14.2 Å². The second-order valence-corrected chi connectivity index (χ2v) is 7.57. The van der Waals surface area contributed by atoms with E-state index in [4.69, 9.17) is 18.9 Å². The van der Waals surface area contributed by atoms with E-state index in [2.05, 4.69) is 20.4 Å². The van der Waals surface area contributed by atoms with Gasteiger partial charge >= 0.3 is 5.97 Å². The molecule has 0 saturated carbocycles. The average Bonchev–Trinajstić information content (AvgIpc) is 3.47. The maximum absolute atomic E-state index is 12.2. The third-order valence-corrected chi connectivity index (χ3v) is 5.74. The Morgan fingerprint density at radius 2 is 2.16 bits per heavy atom. The minimum atomic E-state index is -0.390. The van der Waals surface area contributed by atoms with Gasteiger partial charge in [-0.25, -0.2) is 4.79 Å². The highest BCUT2D eigenvalue weighted by Crippen LogP contribution is 2.50. The number of carbonyl (C=O) groups excluding carboxylic acids is 1. The second kappa shape index (κ2) is 8.12. The largest absolute Gasteiger partial charge is 0.492 e. The highest BCUT2D eigenvalue weighted by Gasteiger charge is 2.37. The van der Waals surface area contributed by atoms with E-state index in [1.807, 2.05) is 19.2 Å². The SMILES string of the molecule is CCOC(=O)c1cccc(-n2nnnc2[C@H]2c3c(cc4c(c3OC)OCO4)CCN2C)c1. The first-order valence-corrected chi connectivity index (χ1v) is 10.4. The minimum absolute atomic E-state index is 0.160. The molecule has 0 aliphatic carbocycles. The Morgan fingerprint density at radius 3 is 2.97 bits per heavy atom. The summed E-state index contributed by atoms with van der Waals surface area (Å²) in [5.41, 5.74) is 3.15. The number of ether oxygens (including phenoxy) is 4. The van der Waals surface area contributed by atoms with Crippen LogP contribution in [0.25, 0.3) is 5.69 Å². The molecule has 3 aromatic rings. The Balaban J connectivity index is 1.63. The van der Waals surface area contributed by atoms with Crippen molar-refractivity contribution in [3.63, 3.8) is 0 Å². The van der Waals surface area contributed by atoms with Crippen molar-refractivity contribution in [1.82, 2.24) is 25.1 Å². The first-order chi connectivity index (χ1) is 15.6. The lowest BCUT2D eigenvalue weighted by Crippen LogP contribution is -2.35. The molecule has 3 heterocycles.